The second-order valence-electron chi connectivity index (χ2n) is 7.25. The van der Waals surface area contributed by atoms with Crippen LogP contribution in [0, 0.1) is 0 Å². The fourth-order valence-electron chi connectivity index (χ4n) is 3.79. The molecule has 1 fully saturated rings. The van der Waals surface area contributed by atoms with Gasteiger partial charge in [0.15, 0.2) is 0 Å². The van der Waals surface area contributed by atoms with Crippen molar-refractivity contribution in [3.63, 3.8) is 0 Å². The van der Waals surface area contributed by atoms with Gasteiger partial charge in [-0.05, 0) is 55.5 Å². The first-order valence-corrected chi connectivity index (χ1v) is 11.5. The van der Waals surface area contributed by atoms with Crippen molar-refractivity contribution in [2.24, 2.45) is 0 Å². The molecule has 0 radical (unpaired) electrons. The molecule has 7 nitrogen and oxygen atoms in total. The number of halogens is 1. The highest BCUT2D eigenvalue weighted by molar-refractivity contribution is 7.88. The van der Waals surface area contributed by atoms with Gasteiger partial charge >= 0.3 is 0 Å². The van der Waals surface area contributed by atoms with Crippen LogP contribution >= 0.6 is 11.6 Å². The Morgan fingerprint density at radius 2 is 1.93 bits per heavy atom. The van der Waals surface area contributed by atoms with Crippen molar-refractivity contribution in [1.82, 2.24) is 19.7 Å². The zero-order valence-electron chi connectivity index (χ0n) is 15.4. The van der Waals surface area contributed by atoms with E-state index in [1.165, 1.54) is 6.26 Å². The smallest absolute Gasteiger partial charge is 0.208 e. The number of fused-ring (bicyclic) bond motifs is 1. The SMILES string of the molecule is CS(=O)(=O)NC1CCC(Nc2cc(-c3c[nH]c4ncccc34)cc(Cl)n2)CC1. The van der Waals surface area contributed by atoms with Crippen LogP contribution in [0.25, 0.3) is 22.2 Å². The summed E-state index contributed by atoms with van der Waals surface area (Å²) in [6.45, 7) is 0. The molecule has 28 heavy (non-hydrogen) atoms. The zero-order chi connectivity index (χ0) is 19.7. The lowest BCUT2D eigenvalue weighted by molar-refractivity contribution is 0.387. The normalized spacial score (nSPS) is 20.4. The molecule has 3 aromatic rings. The van der Waals surface area contributed by atoms with E-state index in [-0.39, 0.29) is 12.1 Å². The predicted molar refractivity (Wildman–Crippen MR) is 112 cm³/mol. The molecule has 0 aromatic carbocycles. The van der Waals surface area contributed by atoms with Crippen LogP contribution in [0.4, 0.5) is 5.82 Å². The summed E-state index contributed by atoms with van der Waals surface area (Å²) >= 11 is 6.28. The van der Waals surface area contributed by atoms with Gasteiger partial charge in [0.05, 0.1) is 6.26 Å². The van der Waals surface area contributed by atoms with Gasteiger partial charge in [0.25, 0.3) is 0 Å². The number of aromatic amines is 1. The zero-order valence-corrected chi connectivity index (χ0v) is 17.0. The van der Waals surface area contributed by atoms with Crippen molar-refractivity contribution < 1.29 is 8.42 Å². The number of H-pyrrole nitrogens is 1. The molecule has 3 N–H and O–H groups in total. The number of pyridine rings is 2. The molecule has 0 bridgehead atoms. The van der Waals surface area contributed by atoms with Crippen LogP contribution in [0.5, 0.6) is 0 Å². The third-order valence-corrected chi connectivity index (χ3v) is 5.97. The van der Waals surface area contributed by atoms with Crippen molar-refractivity contribution in [3.8, 4) is 11.1 Å². The Balaban J connectivity index is 1.49. The van der Waals surface area contributed by atoms with Crippen molar-refractivity contribution in [2.75, 3.05) is 11.6 Å². The van der Waals surface area contributed by atoms with Crippen molar-refractivity contribution >= 4 is 38.5 Å². The van der Waals surface area contributed by atoms with E-state index in [0.29, 0.717) is 5.15 Å². The fraction of sp³-hybridized carbons (Fsp3) is 0.368. The number of hydrogen-bond acceptors (Lipinski definition) is 5. The lowest BCUT2D eigenvalue weighted by Gasteiger charge is -2.29. The first-order chi connectivity index (χ1) is 13.4. The molecular formula is C19H22ClN5O2S. The fourth-order valence-corrected chi connectivity index (χ4v) is 4.84. The summed E-state index contributed by atoms with van der Waals surface area (Å²) in [6.07, 6.45) is 8.22. The predicted octanol–water partition coefficient (Wildman–Crippen LogP) is 3.55. The summed E-state index contributed by atoms with van der Waals surface area (Å²) < 4.78 is 25.5. The molecule has 0 amide bonds. The van der Waals surface area contributed by atoms with Crippen LogP contribution in [0.2, 0.25) is 5.15 Å². The summed E-state index contributed by atoms with van der Waals surface area (Å²) in [5, 5.41) is 4.91. The monoisotopic (exact) mass is 419 g/mol. The van der Waals surface area contributed by atoms with E-state index in [2.05, 4.69) is 25.0 Å². The molecule has 0 spiro atoms. The molecule has 1 saturated carbocycles. The van der Waals surface area contributed by atoms with Crippen LogP contribution in [0.3, 0.4) is 0 Å². The van der Waals surface area contributed by atoms with E-state index in [1.54, 1.807) is 6.20 Å². The van der Waals surface area contributed by atoms with Crippen molar-refractivity contribution in [2.45, 2.75) is 37.8 Å². The molecule has 3 aromatic heterocycles. The minimum atomic E-state index is -3.16. The highest BCUT2D eigenvalue weighted by Crippen LogP contribution is 2.31. The second kappa shape index (κ2) is 7.69. The second-order valence-corrected chi connectivity index (χ2v) is 9.42. The number of rotatable bonds is 5. The van der Waals surface area contributed by atoms with Crippen LogP contribution in [-0.2, 0) is 10.0 Å². The van der Waals surface area contributed by atoms with Crippen LogP contribution in [-0.4, -0.2) is 41.7 Å². The van der Waals surface area contributed by atoms with E-state index >= 15 is 0 Å². The number of hydrogen-bond donors (Lipinski definition) is 3. The van der Waals surface area contributed by atoms with E-state index in [1.807, 2.05) is 30.5 Å². The Kier molecular flexibility index (Phi) is 5.27. The topological polar surface area (TPSA) is 99.8 Å². The molecule has 0 saturated heterocycles. The maximum Gasteiger partial charge on any atom is 0.208 e. The molecule has 0 unspecified atom stereocenters. The minimum absolute atomic E-state index is 0.00894. The quantitative estimate of drug-likeness (QED) is 0.549. The molecule has 9 heteroatoms. The third-order valence-electron chi connectivity index (χ3n) is 5.02. The van der Waals surface area contributed by atoms with E-state index in [9.17, 15) is 8.42 Å². The van der Waals surface area contributed by atoms with Gasteiger partial charge in [0.2, 0.25) is 10.0 Å². The van der Waals surface area contributed by atoms with Gasteiger partial charge in [-0.15, -0.1) is 0 Å². The minimum Gasteiger partial charge on any atom is -0.367 e. The summed E-state index contributed by atoms with van der Waals surface area (Å²) in [5.74, 6) is 0.722. The third kappa shape index (κ3) is 4.45. The maximum atomic E-state index is 11.4. The molecule has 3 heterocycles. The van der Waals surface area contributed by atoms with Crippen molar-refractivity contribution in [1.29, 1.82) is 0 Å². The van der Waals surface area contributed by atoms with Crippen molar-refractivity contribution in [3.05, 3.63) is 41.8 Å². The maximum absolute atomic E-state index is 11.4. The lowest BCUT2D eigenvalue weighted by atomic mass is 9.92. The molecular weight excluding hydrogens is 398 g/mol. The van der Waals surface area contributed by atoms with Gasteiger partial charge < -0.3 is 10.3 Å². The van der Waals surface area contributed by atoms with Crippen LogP contribution in [0.1, 0.15) is 25.7 Å². The van der Waals surface area contributed by atoms with Gasteiger partial charge in [0.1, 0.15) is 16.6 Å². The van der Waals surface area contributed by atoms with E-state index < -0.39 is 10.0 Å². The summed E-state index contributed by atoms with van der Waals surface area (Å²) in [7, 11) is -3.16. The molecule has 1 aliphatic rings. The lowest BCUT2D eigenvalue weighted by Crippen LogP contribution is -2.39. The molecule has 0 atom stereocenters. The number of sulfonamides is 1. The van der Waals surface area contributed by atoms with Gasteiger partial charge in [-0.1, -0.05) is 11.6 Å². The Hall–Kier alpha value is -2.16. The summed E-state index contributed by atoms with van der Waals surface area (Å²) in [4.78, 5) is 11.9. The Labute approximate surface area is 169 Å². The molecule has 0 aliphatic heterocycles. The highest BCUT2D eigenvalue weighted by atomic mass is 35.5. The average Bonchev–Trinajstić information content (AvgIpc) is 3.06. The largest absolute Gasteiger partial charge is 0.367 e. The number of nitrogens with one attached hydrogen (secondary N) is 3. The van der Waals surface area contributed by atoms with Gasteiger partial charge in [0, 0.05) is 35.4 Å². The van der Waals surface area contributed by atoms with Crippen LogP contribution < -0.4 is 10.0 Å². The standard InChI is InChI=1S/C19H22ClN5O2S/c1-28(26,27)25-14-6-4-13(5-7-14)23-18-10-12(9-17(20)24-18)16-11-22-19-15(16)3-2-8-21-19/h2-3,8-11,13-14,25H,4-7H2,1H3,(H,21,22)(H,23,24). The average molecular weight is 420 g/mol. The van der Waals surface area contributed by atoms with E-state index in [0.717, 1.165) is 53.7 Å². The van der Waals surface area contributed by atoms with E-state index in [4.69, 9.17) is 11.6 Å². The summed E-state index contributed by atoms with van der Waals surface area (Å²) in [6, 6.07) is 8.00. The number of anilines is 1. The molecule has 4 rings (SSSR count). The molecule has 1 aliphatic carbocycles. The van der Waals surface area contributed by atoms with Crippen LogP contribution in [0.15, 0.2) is 36.7 Å². The first kappa shape index (κ1) is 19.2. The number of aromatic nitrogens is 3. The number of nitrogens with zero attached hydrogens (tertiary/aromatic N) is 2. The molecule has 148 valence electrons. The Morgan fingerprint density at radius 3 is 2.68 bits per heavy atom. The summed E-state index contributed by atoms with van der Waals surface area (Å²) in [5.41, 5.74) is 2.82. The van der Waals surface area contributed by atoms with Gasteiger partial charge in [-0.25, -0.2) is 23.1 Å². The Morgan fingerprint density at radius 1 is 1.18 bits per heavy atom. The van der Waals surface area contributed by atoms with Gasteiger partial charge in [-0.2, -0.15) is 0 Å². The first-order valence-electron chi connectivity index (χ1n) is 9.21. The van der Waals surface area contributed by atoms with Gasteiger partial charge in [-0.3, -0.25) is 0 Å². The Bertz CT molecular complexity index is 1090. The highest BCUT2D eigenvalue weighted by Gasteiger charge is 2.23.